The van der Waals surface area contributed by atoms with Gasteiger partial charge in [0.2, 0.25) is 0 Å². The number of benzene rings is 2. The summed E-state index contributed by atoms with van der Waals surface area (Å²) in [5.74, 6) is 0. The number of nitrogens with zero attached hydrogens (tertiary/aromatic N) is 2. The van der Waals surface area contributed by atoms with E-state index in [9.17, 15) is 4.79 Å². The van der Waals surface area contributed by atoms with Crippen LogP contribution < -0.4 is 5.32 Å². The summed E-state index contributed by atoms with van der Waals surface area (Å²) in [4.78, 5) is 16.6. The largest absolute Gasteiger partial charge is 0.322 e. The van der Waals surface area contributed by atoms with Crippen LogP contribution in [-0.2, 0) is 6.54 Å². The van der Waals surface area contributed by atoms with Gasteiger partial charge in [-0.25, -0.2) is 4.79 Å². The van der Waals surface area contributed by atoms with Crippen LogP contribution in [0.15, 0.2) is 42.5 Å². The van der Waals surface area contributed by atoms with Gasteiger partial charge in [0.25, 0.3) is 0 Å². The van der Waals surface area contributed by atoms with Gasteiger partial charge in [0.15, 0.2) is 0 Å². The van der Waals surface area contributed by atoms with Crippen molar-refractivity contribution >= 4 is 34.9 Å². The minimum absolute atomic E-state index is 0.117. The van der Waals surface area contributed by atoms with Crippen LogP contribution in [0, 0.1) is 6.92 Å². The number of anilines is 1. The van der Waals surface area contributed by atoms with Crippen molar-refractivity contribution in [3.63, 3.8) is 0 Å². The minimum Gasteiger partial charge on any atom is -0.322 e. The molecule has 1 aliphatic heterocycles. The molecule has 1 saturated heterocycles. The van der Waals surface area contributed by atoms with E-state index in [4.69, 9.17) is 23.2 Å². The zero-order valence-corrected chi connectivity index (χ0v) is 15.6. The monoisotopic (exact) mass is 377 g/mol. The number of halogens is 2. The molecule has 2 aromatic carbocycles. The Kier molecular flexibility index (Phi) is 5.84. The fourth-order valence-electron chi connectivity index (χ4n) is 2.89. The smallest absolute Gasteiger partial charge is 0.321 e. The van der Waals surface area contributed by atoms with Crippen molar-refractivity contribution in [1.82, 2.24) is 9.80 Å². The van der Waals surface area contributed by atoms with Crippen molar-refractivity contribution in [1.29, 1.82) is 0 Å². The molecule has 6 heteroatoms. The molecular weight excluding hydrogens is 357 g/mol. The number of amides is 2. The summed E-state index contributed by atoms with van der Waals surface area (Å²) < 4.78 is 0. The molecule has 0 bridgehead atoms. The van der Waals surface area contributed by atoms with Gasteiger partial charge in [-0.3, -0.25) is 4.90 Å². The highest BCUT2D eigenvalue weighted by molar-refractivity contribution is 6.35. The van der Waals surface area contributed by atoms with Gasteiger partial charge in [-0.1, -0.05) is 53.0 Å². The first-order chi connectivity index (χ1) is 12.0. The third-order valence-electron chi connectivity index (χ3n) is 4.30. The SMILES string of the molecule is Cc1ccc(CN2CCN(C(=O)Nc3cc(Cl)cc(Cl)c3)CC2)cc1. The predicted octanol–water partition coefficient (Wildman–Crippen LogP) is 4.65. The maximum Gasteiger partial charge on any atom is 0.321 e. The maximum absolute atomic E-state index is 12.4. The van der Waals surface area contributed by atoms with E-state index in [1.165, 1.54) is 11.1 Å². The summed E-state index contributed by atoms with van der Waals surface area (Å²) in [6, 6.07) is 13.5. The minimum atomic E-state index is -0.117. The van der Waals surface area contributed by atoms with Crippen LogP contribution in [0.4, 0.5) is 10.5 Å². The Hall–Kier alpha value is -1.75. The number of carbonyl (C=O) groups excluding carboxylic acids is 1. The van der Waals surface area contributed by atoms with Crippen molar-refractivity contribution < 1.29 is 4.79 Å². The average Bonchev–Trinajstić information content (AvgIpc) is 2.56. The first kappa shape index (κ1) is 18.1. The van der Waals surface area contributed by atoms with Gasteiger partial charge in [-0.15, -0.1) is 0 Å². The van der Waals surface area contributed by atoms with E-state index >= 15 is 0 Å². The maximum atomic E-state index is 12.4. The Labute approximate surface area is 158 Å². The Balaban J connectivity index is 1.51. The number of hydrogen-bond donors (Lipinski definition) is 1. The molecular formula is C19H21Cl2N3O. The molecule has 4 nitrogen and oxygen atoms in total. The molecule has 132 valence electrons. The molecule has 0 unspecified atom stereocenters. The van der Waals surface area contributed by atoms with Crippen LogP contribution in [0.1, 0.15) is 11.1 Å². The molecule has 1 N–H and O–H groups in total. The van der Waals surface area contributed by atoms with Crippen LogP contribution in [0.25, 0.3) is 0 Å². The molecule has 0 radical (unpaired) electrons. The molecule has 3 rings (SSSR count). The van der Waals surface area contributed by atoms with Gasteiger partial charge >= 0.3 is 6.03 Å². The lowest BCUT2D eigenvalue weighted by atomic mass is 10.1. The van der Waals surface area contributed by atoms with E-state index in [2.05, 4.69) is 41.4 Å². The molecule has 2 aromatic rings. The van der Waals surface area contributed by atoms with Crippen LogP contribution in [-0.4, -0.2) is 42.0 Å². The van der Waals surface area contributed by atoms with Crippen LogP contribution in [0.3, 0.4) is 0 Å². The standard InChI is InChI=1S/C19H21Cl2N3O/c1-14-2-4-15(5-3-14)13-23-6-8-24(9-7-23)19(25)22-18-11-16(20)10-17(21)12-18/h2-5,10-12H,6-9,13H2,1H3,(H,22,25). The van der Waals surface area contributed by atoms with Crippen LogP contribution >= 0.6 is 23.2 Å². The number of nitrogens with one attached hydrogen (secondary N) is 1. The highest BCUT2D eigenvalue weighted by Crippen LogP contribution is 2.23. The zero-order valence-electron chi connectivity index (χ0n) is 14.1. The number of urea groups is 1. The Morgan fingerprint density at radius 2 is 1.60 bits per heavy atom. The lowest BCUT2D eigenvalue weighted by Gasteiger charge is -2.34. The van der Waals surface area contributed by atoms with E-state index < -0.39 is 0 Å². The molecule has 25 heavy (non-hydrogen) atoms. The highest BCUT2D eigenvalue weighted by atomic mass is 35.5. The molecule has 0 saturated carbocycles. The topological polar surface area (TPSA) is 35.6 Å². The number of carbonyl (C=O) groups is 1. The van der Waals surface area contributed by atoms with Gasteiger partial charge in [-0.05, 0) is 30.7 Å². The molecule has 0 aliphatic carbocycles. The van der Waals surface area contributed by atoms with Crippen LogP contribution in [0.5, 0.6) is 0 Å². The highest BCUT2D eigenvalue weighted by Gasteiger charge is 2.21. The molecule has 0 atom stereocenters. The molecule has 1 heterocycles. The summed E-state index contributed by atoms with van der Waals surface area (Å²) in [5, 5.41) is 3.87. The van der Waals surface area contributed by atoms with Crippen molar-refractivity contribution in [2.75, 3.05) is 31.5 Å². The first-order valence-corrected chi connectivity index (χ1v) is 9.05. The van der Waals surface area contributed by atoms with Crippen molar-refractivity contribution in [3.05, 3.63) is 63.6 Å². The summed E-state index contributed by atoms with van der Waals surface area (Å²) in [7, 11) is 0. The molecule has 1 fully saturated rings. The summed E-state index contributed by atoms with van der Waals surface area (Å²) >= 11 is 11.9. The number of hydrogen-bond acceptors (Lipinski definition) is 2. The fourth-order valence-corrected chi connectivity index (χ4v) is 3.42. The third-order valence-corrected chi connectivity index (χ3v) is 4.74. The molecule has 0 aromatic heterocycles. The normalized spacial score (nSPS) is 15.2. The van der Waals surface area contributed by atoms with E-state index in [1.54, 1.807) is 18.2 Å². The lowest BCUT2D eigenvalue weighted by molar-refractivity contribution is 0.143. The molecule has 1 aliphatic rings. The van der Waals surface area contributed by atoms with Crippen molar-refractivity contribution in [3.8, 4) is 0 Å². The summed E-state index contributed by atoms with van der Waals surface area (Å²) in [6.45, 7) is 6.13. The van der Waals surface area contributed by atoms with Crippen molar-refractivity contribution in [2.24, 2.45) is 0 Å². The van der Waals surface area contributed by atoms with E-state index in [-0.39, 0.29) is 6.03 Å². The number of aryl methyl sites for hydroxylation is 1. The number of piperazine rings is 1. The Morgan fingerprint density at radius 1 is 1.00 bits per heavy atom. The number of rotatable bonds is 3. The van der Waals surface area contributed by atoms with E-state index in [1.807, 2.05) is 4.90 Å². The van der Waals surface area contributed by atoms with Gasteiger partial charge < -0.3 is 10.2 Å². The van der Waals surface area contributed by atoms with E-state index in [0.717, 1.165) is 19.6 Å². The third kappa shape index (κ3) is 5.11. The quantitative estimate of drug-likeness (QED) is 0.844. The molecule has 2 amide bonds. The Morgan fingerprint density at radius 3 is 2.20 bits per heavy atom. The predicted molar refractivity (Wildman–Crippen MR) is 104 cm³/mol. The van der Waals surface area contributed by atoms with Gasteiger partial charge in [0, 0.05) is 48.5 Å². The second kappa shape index (κ2) is 8.09. The zero-order chi connectivity index (χ0) is 17.8. The summed E-state index contributed by atoms with van der Waals surface area (Å²) in [5.41, 5.74) is 3.19. The van der Waals surface area contributed by atoms with Crippen LogP contribution in [0.2, 0.25) is 10.0 Å². The lowest BCUT2D eigenvalue weighted by Crippen LogP contribution is -2.49. The first-order valence-electron chi connectivity index (χ1n) is 8.29. The van der Waals surface area contributed by atoms with E-state index in [0.29, 0.717) is 28.8 Å². The Bertz CT molecular complexity index is 721. The van der Waals surface area contributed by atoms with Gasteiger partial charge in [0.1, 0.15) is 0 Å². The molecule has 0 spiro atoms. The second-order valence-electron chi connectivity index (χ2n) is 6.34. The van der Waals surface area contributed by atoms with Gasteiger partial charge in [-0.2, -0.15) is 0 Å². The second-order valence-corrected chi connectivity index (χ2v) is 7.21. The van der Waals surface area contributed by atoms with Gasteiger partial charge in [0.05, 0.1) is 0 Å². The summed E-state index contributed by atoms with van der Waals surface area (Å²) in [6.07, 6.45) is 0. The average molecular weight is 378 g/mol. The fraction of sp³-hybridized carbons (Fsp3) is 0.316. The van der Waals surface area contributed by atoms with Crippen molar-refractivity contribution in [2.45, 2.75) is 13.5 Å².